The largest absolute Gasteiger partial charge is 0.330 e. The summed E-state index contributed by atoms with van der Waals surface area (Å²) < 4.78 is 0. The number of rotatable bonds is 4. The molecule has 0 radical (unpaired) electrons. The Balaban J connectivity index is 2.18. The highest BCUT2D eigenvalue weighted by atomic mass is 35.5. The fraction of sp³-hybridized carbons (Fsp3) is 0.200. The Morgan fingerprint density at radius 1 is 0.944 bits per heavy atom. The lowest BCUT2D eigenvalue weighted by Gasteiger charge is -2.15. The van der Waals surface area contributed by atoms with E-state index in [1.165, 1.54) is 5.56 Å². The zero-order chi connectivity index (χ0) is 13.0. The Kier molecular flexibility index (Phi) is 4.65. The Morgan fingerprint density at radius 3 is 2.28 bits per heavy atom. The Morgan fingerprint density at radius 2 is 1.67 bits per heavy atom. The molecule has 0 heterocycles. The average molecular weight is 280 g/mol. The van der Waals surface area contributed by atoms with Crippen molar-refractivity contribution >= 4 is 23.2 Å². The van der Waals surface area contributed by atoms with E-state index in [2.05, 4.69) is 12.1 Å². The van der Waals surface area contributed by atoms with Crippen LogP contribution in [0.3, 0.4) is 0 Å². The first-order chi connectivity index (χ1) is 8.70. The van der Waals surface area contributed by atoms with Gasteiger partial charge in [-0.3, -0.25) is 0 Å². The zero-order valence-electron chi connectivity index (χ0n) is 9.94. The molecule has 0 aliphatic carbocycles. The molecule has 0 spiro atoms. The molecule has 0 bridgehead atoms. The van der Waals surface area contributed by atoms with Crippen molar-refractivity contribution in [3.8, 4) is 0 Å². The highest BCUT2D eigenvalue weighted by molar-refractivity contribution is 6.42. The van der Waals surface area contributed by atoms with Gasteiger partial charge in [-0.15, -0.1) is 0 Å². The third-order valence-electron chi connectivity index (χ3n) is 3.02. The topological polar surface area (TPSA) is 26.0 Å². The van der Waals surface area contributed by atoms with Gasteiger partial charge in [0.15, 0.2) is 0 Å². The van der Waals surface area contributed by atoms with Crippen LogP contribution >= 0.6 is 23.2 Å². The van der Waals surface area contributed by atoms with Crippen LogP contribution in [0.5, 0.6) is 0 Å². The fourth-order valence-electron chi connectivity index (χ4n) is 2.01. The van der Waals surface area contributed by atoms with Crippen molar-refractivity contribution in [2.45, 2.75) is 12.3 Å². The minimum absolute atomic E-state index is 0.309. The second-order valence-corrected chi connectivity index (χ2v) is 5.11. The molecule has 0 saturated carbocycles. The summed E-state index contributed by atoms with van der Waals surface area (Å²) in [4.78, 5) is 0. The van der Waals surface area contributed by atoms with Gasteiger partial charge in [0, 0.05) is 5.92 Å². The molecule has 3 heteroatoms. The van der Waals surface area contributed by atoms with E-state index >= 15 is 0 Å². The van der Waals surface area contributed by atoms with Crippen molar-refractivity contribution in [1.82, 2.24) is 0 Å². The van der Waals surface area contributed by atoms with E-state index in [1.807, 2.05) is 36.4 Å². The van der Waals surface area contributed by atoms with Gasteiger partial charge in [0.05, 0.1) is 10.0 Å². The highest BCUT2D eigenvalue weighted by Crippen LogP contribution is 2.26. The molecule has 0 amide bonds. The fourth-order valence-corrected chi connectivity index (χ4v) is 2.33. The molecule has 0 fully saturated rings. The van der Waals surface area contributed by atoms with Crippen LogP contribution in [0, 0.1) is 0 Å². The van der Waals surface area contributed by atoms with Gasteiger partial charge < -0.3 is 5.73 Å². The summed E-state index contributed by atoms with van der Waals surface area (Å²) in [7, 11) is 0. The first kappa shape index (κ1) is 13.4. The number of nitrogens with two attached hydrogens (primary N) is 1. The predicted octanol–water partition coefficient (Wildman–Crippen LogP) is 4.28. The Bertz CT molecular complexity index is 511. The Hall–Kier alpha value is -1.02. The summed E-state index contributed by atoms with van der Waals surface area (Å²) in [5.74, 6) is 0.309. The van der Waals surface area contributed by atoms with Crippen LogP contribution in [0.25, 0.3) is 0 Å². The van der Waals surface area contributed by atoms with Gasteiger partial charge in [-0.1, -0.05) is 59.6 Å². The minimum Gasteiger partial charge on any atom is -0.330 e. The first-order valence-corrected chi connectivity index (χ1v) is 6.65. The minimum atomic E-state index is 0.309. The molecule has 1 nitrogen and oxygen atoms in total. The number of hydrogen-bond acceptors (Lipinski definition) is 1. The third-order valence-corrected chi connectivity index (χ3v) is 3.76. The Labute approximate surface area is 118 Å². The van der Waals surface area contributed by atoms with E-state index in [0.717, 1.165) is 12.0 Å². The molecule has 1 atom stereocenters. The summed E-state index contributed by atoms with van der Waals surface area (Å²) in [6, 6.07) is 16.0. The molecule has 2 aromatic rings. The average Bonchev–Trinajstić information content (AvgIpc) is 2.41. The molecule has 1 unspecified atom stereocenters. The van der Waals surface area contributed by atoms with Gasteiger partial charge in [-0.25, -0.2) is 0 Å². The van der Waals surface area contributed by atoms with Crippen LogP contribution < -0.4 is 5.73 Å². The van der Waals surface area contributed by atoms with Crippen molar-refractivity contribution in [2.24, 2.45) is 5.73 Å². The standard InChI is InChI=1S/C15H15Cl2N/c16-14-7-6-11(9-15(14)17)8-13(10-18)12-4-2-1-3-5-12/h1-7,9,13H,8,10,18H2. The molecule has 0 aromatic heterocycles. The van der Waals surface area contributed by atoms with Gasteiger partial charge in [0.2, 0.25) is 0 Å². The van der Waals surface area contributed by atoms with Crippen molar-refractivity contribution in [3.63, 3.8) is 0 Å². The predicted molar refractivity (Wildman–Crippen MR) is 78.4 cm³/mol. The second kappa shape index (κ2) is 6.24. The lowest BCUT2D eigenvalue weighted by Crippen LogP contribution is -2.14. The number of benzene rings is 2. The van der Waals surface area contributed by atoms with Crippen molar-refractivity contribution in [2.75, 3.05) is 6.54 Å². The normalized spacial score (nSPS) is 12.4. The lowest BCUT2D eigenvalue weighted by atomic mass is 9.92. The zero-order valence-corrected chi connectivity index (χ0v) is 11.5. The summed E-state index contributed by atoms with van der Waals surface area (Å²) in [6.07, 6.45) is 0.872. The maximum Gasteiger partial charge on any atom is 0.0595 e. The molecular formula is C15H15Cl2N. The van der Waals surface area contributed by atoms with E-state index in [-0.39, 0.29) is 0 Å². The first-order valence-electron chi connectivity index (χ1n) is 5.89. The lowest BCUT2D eigenvalue weighted by molar-refractivity contribution is 0.694. The molecule has 0 aliphatic rings. The van der Waals surface area contributed by atoms with Crippen LogP contribution in [0.4, 0.5) is 0 Å². The maximum atomic E-state index is 6.02. The summed E-state index contributed by atoms with van der Waals surface area (Å²) in [6.45, 7) is 0.615. The van der Waals surface area contributed by atoms with E-state index in [1.54, 1.807) is 0 Å². The van der Waals surface area contributed by atoms with Gasteiger partial charge in [-0.05, 0) is 36.2 Å². The monoisotopic (exact) mass is 279 g/mol. The quantitative estimate of drug-likeness (QED) is 0.888. The molecular weight excluding hydrogens is 265 g/mol. The van der Waals surface area contributed by atoms with Crippen LogP contribution in [0.2, 0.25) is 10.0 Å². The van der Waals surface area contributed by atoms with Crippen LogP contribution in [0.1, 0.15) is 17.0 Å². The van der Waals surface area contributed by atoms with Crippen molar-refractivity contribution < 1.29 is 0 Å². The SMILES string of the molecule is NCC(Cc1ccc(Cl)c(Cl)c1)c1ccccc1. The molecule has 2 rings (SSSR count). The molecule has 94 valence electrons. The van der Waals surface area contributed by atoms with Crippen molar-refractivity contribution in [3.05, 3.63) is 69.7 Å². The van der Waals surface area contributed by atoms with Gasteiger partial charge in [0.25, 0.3) is 0 Å². The second-order valence-electron chi connectivity index (χ2n) is 4.30. The molecule has 0 saturated heterocycles. The van der Waals surface area contributed by atoms with Crippen LogP contribution in [0.15, 0.2) is 48.5 Å². The molecule has 18 heavy (non-hydrogen) atoms. The highest BCUT2D eigenvalue weighted by Gasteiger charge is 2.11. The molecule has 2 N–H and O–H groups in total. The van der Waals surface area contributed by atoms with E-state index < -0.39 is 0 Å². The van der Waals surface area contributed by atoms with Gasteiger partial charge >= 0.3 is 0 Å². The summed E-state index contributed by atoms with van der Waals surface area (Å²) >= 11 is 11.9. The third kappa shape index (κ3) is 3.26. The maximum absolute atomic E-state index is 6.02. The van der Waals surface area contributed by atoms with E-state index in [0.29, 0.717) is 22.5 Å². The van der Waals surface area contributed by atoms with Crippen LogP contribution in [-0.2, 0) is 6.42 Å². The summed E-state index contributed by atoms with van der Waals surface area (Å²) in [5, 5.41) is 1.18. The van der Waals surface area contributed by atoms with Crippen LogP contribution in [-0.4, -0.2) is 6.54 Å². The number of halogens is 2. The number of hydrogen-bond donors (Lipinski definition) is 1. The smallest absolute Gasteiger partial charge is 0.0595 e. The molecule has 2 aromatic carbocycles. The van der Waals surface area contributed by atoms with Gasteiger partial charge in [-0.2, -0.15) is 0 Å². The van der Waals surface area contributed by atoms with E-state index in [9.17, 15) is 0 Å². The van der Waals surface area contributed by atoms with E-state index in [4.69, 9.17) is 28.9 Å². The molecule has 0 aliphatic heterocycles. The van der Waals surface area contributed by atoms with Gasteiger partial charge in [0.1, 0.15) is 0 Å². The summed E-state index contributed by atoms with van der Waals surface area (Å²) in [5.41, 5.74) is 8.27. The van der Waals surface area contributed by atoms with Crippen molar-refractivity contribution in [1.29, 1.82) is 0 Å².